The maximum atomic E-state index is 5.94. The summed E-state index contributed by atoms with van der Waals surface area (Å²) in [7, 11) is 1.79. The zero-order valence-corrected chi connectivity index (χ0v) is 11.7. The summed E-state index contributed by atoms with van der Waals surface area (Å²) >= 11 is 5.94. The van der Waals surface area contributed by atoms with Crippen LogP contribution in [0.5, 0.6) is 0 Å². The smallest absolute Gasteiger partial charge is 0.231 e. The zero-order valence-electron chi connectivity index (χ0n) is 11.0. The van der Waals surface area contributed by atoms with Crippen molar-refractivity contribution in [3.63, 3.8) is 0 Å². The summed E-state index contributed by atoms with van der Waals surface area (Å²) in [6, 6.07) is 0.534. The second kappa shape index (κ2) is 6.18. The number of rotatable bonds is 4. The Labute approximate surface area is 113 Å². The van der Waals surface area contributed by atoms with Crippen molar-refractivity contribution in [3.05, 3.63) is 5.28 Å². The van der Waals surface area contributed by atoms with Crippen LogP contribution in [0.2, 0.25) is 5.28 Å². The van der Waals surface area contributed by atoms with Crippen molar-refractivity contribution in [3.8, 4) is 0 Å². The predicted molar refractivity (Wildman–Crippen MR) is 74.3 cm³/mol. The first-order valence-corrected chi connectivity index (χ1v) is 6.98. The van der Waals surface area contributed by atoms with Gasteiger partial charge < -0.3 is 10.2 Å². The predicted octanol–water partition coefficient (Wildman–Crippen LogP) is 2.73. The van der Waals surface area contributed by atoms with Gasteiger partial charge in [-0.2, -0.15) is 15.0 Å². The standard InChI is InChI=1S/C12H20ClN5/c1-3-6-9-7-4-5-8-18(9)12-16-10(13)15-11(14-2)17-12/h9H,3-8H2,1-2H3,(H,14,15,16,17). The highest BCUT2D eigenvalue weighted by atomic mass is 35.5. The molecule has 5 nitrogen and oxygen atoms in total. The van der Waals surface area contributed by atoms with E-state index in [1.165, 1.54) is 32.1 Å². The van der Waals surface area contributed by atoms with Crippen molar-refractivity contribution in [2.24, 2.45) is 0 Å². The molecule has 0 aromatic carbocycles. The Morgan fingerprint density at radius 2 is 2.17 bits per heavy atom. The number of anilines is 2. The first-order chi connectivity index (χ1) is 8.74. The molecule has 1 aromatic heterocycles. The van der Waals surface area contributed by atoms with Crippen molar-refractivity contribution in [2.45, 2.75) is 45.1 Å². The van der Waals surface area contributed by atoms with Gasteiger partial charge in [-0.3, -0.25) is 0 Å². The van der Waals surface area contributed by atoms with E-state index >= 15 is 0 Å². The van der Waals surface area contributed by atoms with Gasteiger partial charge in [0.1, 0.15) is 0 Å². The van der Waals surface area contributed by atoms with Crippen LogP contribution in [-0.2, 0) is 0 Å². The molecular weight excluding hydrogens is 250 g/mol. The van der Waals surface area contributed by atoms with Crippen molar-refractivity contribution >= 4 is 23.5 Å². The summed E-state index contributed by atoms with van der Waals surface area (Å²) in [6.07, 6.45) is 6.06. The van der Waals surface area contributed by atoms with Gasteiger partial charge in [-0.15, -0.1) is 0 Å². The molecule has 1 N–H and O–H groups in total. The molecule has 1 aliphatic rings. The lowest BCUT2D eigenvalue weighted by atomic mass is 9.99. The monoisotopic (exact) mass is 269 g/mol. The van der Waals surface area contributed by atoms with Crippen LogP contribution in [0.25, 0.3) is 0 Å². The van der Waals surface area contributed by atoms with Gasteiger partial charge >= 0.3 is 0 Å². The molecule has 0 radical (unpaired) electrons. The van der Waals surface area contributed by atoms with Crippen LogP contribution < -0.4 is 10.2 Å². The van der Waals surface area contributed by atoms with Crippen LogP contribution >= 0.6 is 11.6 Å². The highest BCUT2D eigenvalue weighted by Gasteiger charge is 2.24. The zero-order chi connectivity index (χ0) is 13.0. The van der Waals surface area contributed by atoms with Crippen molar-refractivity contribution < 1.29 is 0 Å². The molecule has 1 fully saturated rings. The maximum absolute atomic E-state index is 5.94. The highest BCUT2D eigenvalue weighted by molar-refractivity contribution is 6.28. The molecule has 1 aliphatic heterocycles. The van der Waals surface area contributed by atoms with Gasteiger partial charge in [0.05, 0.1) is 0 Å². The summed E-state index contributed by atoms with van der Waals surface area (Å²) < 4.78 is 0. The van der Waals surface area contributed by atoms with Gasteiger partial charge in [-0.25, -0.2) is 0 Å². The SMILES string of the molecule is CCCC1CCCCN1c1nc(Cl)nc(NC)n1. The molecule has 100 valence electrons. The van der Waals surface area contributed by atoms with Gasteiger partial charge in [0.15, 0.2) is 0 Å². The average molecular weight is 270 g/mol. The topological polar surface area (TPSA) is 53.9 Å². The van der Waals surface area contributed by atoms with Crippen LogP contribution in [0.3, 0.4) is 0 Å². The summed E-state index contributed by atoms with van der Waals surface area (Å²) in [5.74, 6) is 1.24. The molecule has 0 spiro atoms. The molecule has 6 heteroatoms. The van der Waals surface area contributed by atoms with E-state index in [1.807, 2.05) is 0 Å². The molecular formula is C12H20ClN5. The second-order valence-corrected chi connectivity index (χ2v) is 4.95. The summed E-state index contributed by atoms with van der Waals surface area (Å²) in [4.78, 5) is 15.0. The van der Waals surface area contributed by atoms with E-state index in [2.05, 4.69) is 32.1 Å². The molecule has 0 amide bonds. The Morgan fingerprint density at radius 3 is 2.89 bits per heavy atom. The van der Waals surface area contributed by atoms with E-state index < -0.39 is 0 Å². The number of aromatic nitrogens is 3. The normalized spacial score (nSPS) is 19.9. The Balaban J connectivity index is 2.24. The third kappa shape index (κ3) is 3.02. The Hall–Kier alpha value is -1.10. The highest BCUT2D eigenvalue weighted by Crippen LogP contribution is 2.25. The number of nitrogens with one attached hydrogen (secondary N) is 1. The van der Waals surface area contributed by atoms with E-state index in [4.69, 9.17) is 11.6 Å². The molecule has 2 rings (SSSR count). The number of nitrogens with zero attached hydrogens (tertiary/aromatic N) is 4. The summed E-state index contributed by atoms with van der Waals surface area (Å²) in [5, 5.41) is 3.18. The quantitative estimate of drug-likeness (QED) is 0.911. The van der Waals surface area contributed by atoms with Gasteiger partial charge in [0.25, 0.3) is 0 Å². The third-order valence-electron chi connectivity index (χ3n) is 3.33. The third-order valence-corrected chi connectivity index (χ3v) is 3.49. The lowest BCUT2D eigenvalue weighted by Gasteiger charge is -2.35. The molecule has 0 bridgehead atoms. The van der Waals surface area contributed by atoms with Crippen LogP contribution in [0, 0.1) is 0 Å². The molecule has 1 unspecified atom stereocenters. The van der Waals surface area contributed by atoms with Crippen molar-refractivity contribution in [1.29, 1.82) is 0 Å². The molecule has 18 heavy (non-hydrogen) atoms. The molecule has 1 aromatic rings. The second-order valence-electron chi connectivity index (χ2n) is 4.61. The largest absolute Gasteiger partial charge is 0.357 e. The van der Waals surface area contributed by atoms with E-state index in [9.17, 15) is 0 Å². The van der Waals surface area contributed by atoms with Gasteiger partial charge in [0, 0.05) is 19.6 Å². The van der Waals surface area contributed by atoms with Crippen LogP contribution in [0.15, 0.2) is 0 Å². The first-order valence-electron chi connectivity index (χ1n) is 6.60. The number of hydrogen-bond acceptors (Lipinski definition) is 5. The minimum atomic E-state index is 0.255. The molecule has 1 saturated heterocycles. The van der Waals surface area contributed by atoms with Crippen molar-refractivity contribution in [2.75, 3.05) is 23.8 Å². The lowest BCUT2D eigenvalue weighted by Crippen LogP contribution is -2.40. The minimum absolute atomic E-state index is 0.255. The molecule has 0 aliphatic carbocycles. The minimum Gasteiger partial charge on any atom is -0.357 e. The van der Waals surface area contributed by atoms with Crippen LogP contribution in [0.1, 0.15) is 39.0 Å². The molecule has 2 heterocycles. The fourth-order valence-electron chi connectivity index (χ4n) is 2.48. The van der Waals surface area contributed by atoms with Crippen molar-refractivity contribution in [1.82, 2.24) is 15.0 Å². The molecule has 1 atom stereocenters. The number of hydrogen-bond donors (Lipinski definition) is 1. The number of piperidine rings is 1. The van der Waals surface area contributed by atoms with Crippen LogP contribution in [0.4, 0.5) is 11.9 Å². The number of halogens is 1. The van der Waals surface area contributed by atoms with Gasteiger partial charge in [-0.1, -0.05) is 13.3 Å². The van der Waals surface area contributed by atoms with E-state index in [0.717, 1.165) is 6.54 Å². The first kappa shape index (κ1) is 13.3. The maximum Gasteiger partial charge on any atom is 0.231 e. The fourth-order valence-corrected chi connectivity index (χ4v) is 2.63. The van der Waals surface area contributed by atoms with Gasteiger partial charge in [0.2, 0.25) is 17.2 Å². The lowest BCUT2D eigenvalue weighted by molar-refractivity contribution is 0.428. The average Bonchev–Trinajstić information content (AvgIpc) is 2.39. The van der Waals surface area contributed by atoms with Gasteiger partial charge in [-0.05, 0) is 37.3 Å². The Morgan fingerprint density at radius 1 is 1.33 bits per heavy atom. The summed E-state index contributed by atoms with van der Waals surface area (Å²) in [5.41, 5.74) is 0. The van der Waals surface area contributed by atoms with E-state index in [-0.39, 0.29) is 5.28 Å². The van der Waals surface area contributed by atoms with E-state index in [1.54, 1.807) is 7.05 Å². The van der Waals surface area contributed by atoms with Crippen LogP contribution in [-0.4, -0.2) is 34.6 Å². The Kier molecular flexibility index (Phi) is 4.58. The molecule has 0 saturated carbocycles. The summed E-state index contributed by atoms with van der Waals surface area (Å²) in [6.45, 7) is 3.22. The van der Waals surface area contributed by atoms with E-state index in [0.29, 0.717) is 17.9 Å². The Bertz CT molecular complexity index is 396. The fraction of sp³-hybridized carbons (Fsp3) is 0.750.